The number of amides is 2. The number of likely N-dealkylation sites (N-methyl/N-ethyl adjacent to an activating group) is 1. The van der Waals surface area contributed by atoms with Crippen LogP contribution in [0.5, 0.6) is 0 Å². The molecule has 0 bridgehead atoms. The Hall–Kier alpha value is -2.66. The van der Waals surface area contributed by atoms with Crippen molar-refractivity contribution in [3.8, 4) is 0 Å². The molecule has 1 heterocycles. The van der Waals surface area contributed by atoms with Gasteiger partial charge in [0.05, 0.1) is 10.1 Å². The fraction of sp³-hybridized carbons (Fsp3) is 0.526. The molecule has 0 saturated carbocycles. The predicted molar refractivity (Wildman–Crippen MR) is 110 cm³/mol. The summed E-state index contributed by atoms with van der Waals surface area (Å²) in [5.74, 6) is -3.65. The van der Waals surface area contributed by atoms with Gasteiger partial charge < -0.3 is 25.3 Å². The topological polar surface area (TPSA) is 144 Å². The minimum atomic E-state index is -3.38. The third-order valence-electron chi connectivity index (χ3n) is 4.72. The van der Waals surface area contributed by atoms with E-state index in [-0.39, 0.29) is 12.6 Å². The quantitative estimate of drug-likeness (QED) is 0.524. The van der Waals surface area contributed by atoms with Gasteiger partial charge in [-0.15, -0.1) is 0 Å². The van der Waals surface area contributed by atoms with Crippen LogP contribution >= 0.6 is 0 Å². The van der Waals surface area contributed by atoms with E-state index in [0.717, 1.165) is 19.6 Å². The number of urea groups is 1. The molecule has 2 rings (SSSR count). The first-order chi connectivity index (χ1) is 14.1. The molecule has 1 fully saturated rings. The van der Waals surface area contributed by atoms with Gasteiger partial charge in [0.1, 0.15) is 0 Å². The number of rotatable bonds is 7. The average molecular weight is 444 g/mol. The average Bonchev–Trinajstić information content (AvgIpc) is 3.23. The van der Waals surface area contributed by atoms with Crippen molar-refractivity contribution >= 4 is 27.8 Å². The van der Waals surface area contributed by atoms with E-state index in [0.29, 0.717) is 24.4 Å². The van der Waals surface area contributed by atoms with Crippen molar-refractivity contribution in [1.29, 1.82) is 0 Å². The molecule has 30 heavy (non-hydrogen) atoms. The van der Waals surface area contributed by atoms with E-state index in [4.69, 9.17) is 19.8 Å². The zero-order valence-electron chi connectivity index (χ0n) is 17.2. The van der Waals surface area contributed by atoms with Crippen LogP contribution in [0.1, 0.15) is 20.3 Å². The van der Waals surface area contributed by atoms with Crippen LogP contribution in [0.15, 0.2) is 35.2 Å². The van der Waals surface area contributed by atoms with Crippen LogP contribution in [-0.2, 0) is 19.4 Å². The van der Waals surface area contributed by atoms with Crippen LogP contribution < -0.4 is 5.32 Å². The summed E-state index contributed by atoms with van der Waals surface area (Å²) in [5, 5.41) is 17.1. The second kappa shape index (κ2) is 12.1. The van der Waals surface area contributed by atoms with E-state index >= 15 is 0 Å². The van der Waals surface area contributed by atoms with Crippen molar-refractivity contribution in [1.82, 2.24) is 15.1 Å². The van der Waals surface area contributed by atoms with Crippen molar-refractivity contribution in [2.75, 3.05) is 39.3 Å². The first kappa shape index (κ1) is 25.4. The summed E-state index contributed by atoms with van der Waals surface area (Å²) in [6, 6.07) is 8.29. The number of hydrogen-bond donors (Lipinski definition) is 3. The highest BCUT2D eigenvalue weighted by atomic mass is 32.2. The minimum absolute atomic E-state index is 0.173. The van der Waals surface area contributed by atoms with Crippen LogP contribution in [-0.4, -0.2) is 90.9 Å². The summed E-state index contributed by atoms with van der Waals surface area (Å²) in [6.07, 6.45) is 0.487. The van der Waals surface area contributed by atoms with Crippen LogP contribution in [0.2, 0.25) is 0 Å². The second-order valence-corrected chi connectivity index (χ2v) is 8.81. The maximum absolute atomic E-state index is 12.6. The van der Waals surface area contributed by atoms with Crippen LogP contribution in [0.25, 0.3) is 0 Å². The Morgan fingerprint density at radius 2 is 1.67 bits per heavy atom. The molecule has 2 amide bonds. The summed E-state index contributed by atoms with van der Waals surface area (Å²) < 4.78 is 25.2. The predicted octanol–water partition coefficient (Wildman–Crippen LogP) is 0.742. The smallest absolute Gasteiger partial charge is 0.414 e. The van der Waals surface area contributed by atoms with Crippen molar-refractivity contribution in [3.05, 3.63) is 30.3 Å². The molecule has 168 valence electrons. The van der Waals surface area contributed by atoms with Crippen molar-refractivity contribution in [2.24, 2.45) is 0 Å². The molecule has 0 spiro atoms. The normalized spacial score (nSPS) is 16.0. The van der Waals surface area contributed by atoms with E-state index < -0.39 is 27.0 Å². The summed E-state index contributed by atoms with van der Waals surface area (Å²) in [6.45, 7) is 8.20. The molecule has 10 nitrogen and oxygen atoms in total. The van der Waals surface area contributed by atoms with E-state index in [1.54, 1.807) is 35.2 Å². The third kappa shape index (κ3) is 7.64. The number of carboxylic acids is 2. The lowest BCUT2D eigenvalue weighted by atomic mass is 10.4. The number of benzene rings is 1. The van der Waals surface area contributed by atoms with E-state index in [9.17, 15) is 13.2 Å². The van der Waals surface area contributed by atoms with Gasteiger partial charge >= 0.3 is 18.0 Å². The van der Waals surface area contributed by atoms with Crippen LogP contribution in [0.3, 0.4) is 0 Å². The minimum Gasteiger partial charge on any atom is -0.473 e. The SMILES string of the molecule is CCN(CC)CCNC(=O)N1CCC(S(=O)(=O)c2ccccc2)C1.O=C(O)C(=O)O. The number of sulfone groups is 1. The molecule has 1 unspecified atom stereocenters. The molecule has 1 saturated heterocycles. The summed E-state index contributed by atoms with van der Waals surface area (Å²) >= 11 is 0. The molecule has 11 heteroatoms. The van der Waals surface area contributed by atoms with Gasteiger partial charge in [-0.3, -0.25) is 0 Å². The number of nitrogens with one attached hydrogen (secondary N) is 1. The zero-order valence-corrected chi connectivity index (χ0v) is 18.0. The van der Waals surface area contributed by atoms with Gasteiger partial charge in [-0.2, -0.15) is 0 Å². The fourth-order valence-corrected chi connectivity index (χ4v) is 4.65. The molecular formula is C19H29N3O7S. The number of aliphatic carboxylic acids is 2. The molecule has 0 radical (unpaired) electrons. The van der Waals surface area contributed by atoms with E-state index in [1.807, 2.05) is 0 Å². The molecular weight excluding hydrogens is 414 g/mol. The molecule has 0 aliphatic carbocycles. The van der Waals surface area contributed by atoms with Crippen molar-refractivity contribution in [3.63, 3.8) is 0 Å². The van der Waals surface area contributed by atoms with E-state index in [2.05, 4.69) is 24.1 Å². The van der Waals surface area contributed by atoms with Gasteiger partial charge in [0, 0.05) is 26.2 Å². The van der Waals surface area contributed by atoms with Crippen LogP contribution in [0.4, 0.5) is 4.79 Å². The van der Waals surface area contributed by atoms with Gasteiger partial charge in [-0.1, -0.05) is 32.0 Å². The highest BCUT2D eigenvalue weighted by Crippen LogP contribution is 2.23. The van der Waals surface area contributed by atoms with Gasteiger partial charge in [0.2, 0.25) is 0 Å². The lowest BCUT2D eigenvalue weighted by molar-refractivity contribution is -0.159. The Balaban J connectivity index is 0.000000656. The molecule has 1 aliphatic heterocycles. The van der Waals surface area contributed by atoms with Gasteiger partial charge in [-0.25, -0.2) is 22.8 Å². The monoisotopic (exact) mass is 443 g/mol. The number of carboxylic acid groups (broad SMARTS) is 2. The number of likely N-dealkylation sites (tertiary alicyclic amines) is 1. The Morgan fingerprint density at radius 1 is 1.10 bits per heavy atom. The largest absolute Gasteiger partial charge is 0.473 e. The summed E-state index contributed by atoms with van der Waals surface area (Å²) in [7, 11) is -3.38. The molecule has 0 aromatic heterocycles. The number of carbonyl (C=O) groups excluding carboxylic acids is 1. The molecule has 1 aliphatic rings. The first-order valence-corrected chi connectivity index (χ1v) is 11.2. The van der Waals surface area contributed by atoms with Gasteiger partial charge in [0.15, 0.2) is 9.84 Å². The third-order valence-corrected chi connectivity index (χ3v) is 6.92. The maximum atomic E-state index is 12.6. The molecule has 1 atom stereocenters. The highest BCUT2D eigenvalue weighted by Gasteiger charge is 2.35. The highest BCUT2D eigenvalue weighted by molar-refractivity contribution is 7.92. The molecule has 1 aromatic rings. The Morgan fingerprint density at radius 3 is 2.17 bits per heavy atom. The van der Waals surface area contributed by atoms with Gasteiger partial charge in [-0.05, 0) is 31.6 Å². The van der Waals surface area contributed by atoms with E-state index in [1.165, 1.54) is 0 Å². The second-order valence-electron chi connectivity index (χ2n) is 6.58. The number of nitrogens with zero attached hydrogens (tertiary/aromatic N) is 2. The number of hydrogen-bond acceptors (Lipinski definition) is 6. The van der Waals surface area contributed by atoms with Crippen LogP contribution in [0, 0.1) is 0 Å². The summed E-state index contributed by atoms with van der Waals surface area (Å²) in [4.78, 5) is 34.6. The fourth-order valence-electron chi connectivity index (χ4n) is 2.94. The molecule has 3 N–H and O–H groups in total. The Labute approximate surface area is 176 Å². The Bertz CT molecular complexity index is 799. The van der Waals surface area contributed by atoms with Crippen molar-refractivity contribution < 1.29 is 33.0 Å². The maximum Gasteiger partial charge on any atom is 0.414 e. The lowest BCUT2D eigenvalue weighted by Gasteiger charge is -2.21. The van der Waals surface area contributed by atoms with Crippen molar-refractivity contribution in [2.45, 2.75) is 30.4 Å². The number of carbonyl (C=O) groups is 3. The Kier molecular flexibility index (Phi) is 10.3. The zero-order chi connectivity index (χ0) is 22.7. The standard InChI is InChI=1S/C17H27N3O3S.C2H2O4/c1-3-19(4-2)13-11-18-17(21)20-12-10-16(14-20)24(22,23)15-8-6-5-7-9-15;3-1(4)2(5)6/h5-9,16H,3-4,10-14H2,1-2H3,(H,18,21);(H,3,4)(H,5,6). The summed E-state index contributed by atoms with van der Waals surface area (Å²) in [5.41, 5.74) is 0. The molecule has 1 aromatic carbocycles. The first-order valence-electron chi connectivity index (χ1n) is 9.63. The van der Waals surface area contributed by atoms with Gasteiger partial charge in [0.25, 0.3) is 0 Å². The lowest BCUT2D eigenvalue weighted by Crippen LogP contribution is -2.42.